The van der Waals surface area contributed by atoms with Crippen molar-refractivity contribution in [3.05, 3.63) is 22.7 Å². The normalized spacial score (nSPS) is 12.6. The Hall–Kier alpha value is -1.36. The maximum Gasteiger partial charge on any atom is 0.313 e. The molecular weight excluding hydrogens is 218 g/mol. The van der Waals surface area contributed by atoms with E-state index >= 15 is 0 Å². The van der Waals surface area contributed by atoms with Gasteiger partial charge in [0.25, 0.3) is 5.88 Å². The van der Waals surface area contributed by atoms with Crippen LogP contribution < -0.4 is 16.0 Å². The van der Waals surface area contributed by atoms with Crippen molar-refractivity contribution in [2.75, 3.05) is 6.61 Å². The van der Waals surface area contributed by atoms with Gasteiger partial charge in [-0.25, -0.2) is 4.98 Å². The summed E-state index contributed by atoms with van der Waals surface area (Å²) < 4.78 is 6.96. The number of nitrogens with two attached hydrogens (primary N) is 1. The van der Waals surface area contributed by atoms with Gasteiger partial charge in [0, 0.05) is 23.5 Å². The van der Waals surface area contributed by atoms with Crippen molar-refractivity contribution in [2.24, 2.45) is 5.73 Å². The van der Waals surface area contributed by atoms with E-state index in [1.807, 2.05) is 34.6 Å². The van der Waals surface area contributed by atoms with Crippen molar-refractivity contribution in [1.29, 1.82) is 0 Å². The smallest absolute Gasteiger partial charge is 0.313 e. The predicted octanol–water partition coefficient (Wildman–Crippen LogP) is 1.11. The molecule has 0 aromatic carbocycles. The van der Waals surface area contributed by atoms with Crippen molar-refractivity contribution in [3.63, 3.8) is 0 Å². The van der Waals surface area contributed by atoms with E-state index in [4.69, 9.17) is 10.5 Å². The van der Waals surface area contributed by atoms with Crippen LogP contribution in [0.1, 0.15) is 34.6 Å². The molecule has 0 fully saturated rings. The van der Waals surface area contributed by atoms with Gasteiger partial charge in [-0.2, -0.15) is 0 Å². The van der Waals surface area contributed by atoms with Gasteiger partial charge >= 0.3 is 5.56 Å². The topological polar surface area (TPSA) is 70.1 Å². The molecule has 0 unspecified atom stereocenters. The van der Waals surface area contributed by atoms with E-state index in [1.54, 1.807) is 17.0 Å². The number of ether oxygens (including phenoxy) is 1. The average molecular weight is 239 g/mol. The Morgan fingerprint density at radius 3 is 2.41 bits per heavy atom. The third kappa shape index (κ3) is 3.85. The molecule has 5 heteroatoms. The molecule has 2 N–H and O–H groups in total. The van der Waals surface area contributed by atoms with E-state index in [2.05, 4.69) is 4.98 Å². The Kier molecular flexibility index (Phi) is 3.62. The van der Waals surface area contributed by atoms with Crippen molar-refractivity contribution < 1.29 is 4.74 Å². The lowest BCUT2D eigenvalue weighted by molar-refractivity contribution is 0.227. The molecule has 0 atom stereocenters. The summed E-state index contributed by atoms with van der Waals surface area (Å²) >= 11 is 0. The Balaban J connectivity index is 3.00. The minimum Gasteiger partial charge on any atom is -0.472 e. The standard InChI is InChI=1S/C12H21N3O2/c1-11(2,3)15-7-6-14-9(10(15)16)17-8-12(4,5)13/h6-7H,8,13H2,1-5H3. The first-order valence-electron chi connectivity index (χ1n) is 5.61. The van der Waals surface area contributed by atoms with Gasteiger partial charge in [0.05, 0.1) is 0 Å². The number of hydrogen-bond acceptors (Lipinski definition) is 4. The Bertz CT molecular complexity index is 438. The van der Waals surface area contributed by atoms with Crippen molar-refractivity contribution >= 4 is 0 Å². The fraction of sp³-hybridized carbons (Fsp3) is 0.667. The molecule has 0 aliphatic heterocycles. The summed E-state index contributed by atoms with van der Waals surface area (Å²) in [7, 11) is 0. The molecule has 0 amide bonds. The van der Waals surface area contributed by atoms with Gasteiger partial charge in [-0.15, -0.1) is 0 Å². The maximum absolute atomic E-state index is 12.1. The van der Waals surface area contributed by atoms with Gasteiger partial charge in [0.1, 0.15) is 6.61 Å². The average Bonchev–Trinajstić information content (AvgIpc) is 2.13. The van der Waals surface area contributed by atoms with E-state index in [9.17, 15) is 4.79 Å². The van der Waals surface area contributed by atoms with E-state index in [0.29, 0.717) is 0 Å². The maximum atomic E-state index is 12.1. The van der Waals surface area contributed by atoms with Gasteiger partial charge in [-0.1, -0.05) is 0 Å². The molecule has 1 aromatic rings. The second-order valence-corrected chi connectivity index (χ2v) is 5.86. The minimum atomic E-state index is -0.490. The molecule has 0 spiro atoms. The summed E-state index contributed by atoms with van der Waals surface area (Å²) in [5, 5.41) is 0. The molecule has 0 saturated heterocycles. The van der Waals surface area contributed by atoms with Crippen LogP contribution in [0.2, 0.25) is 0 Å². The van der Waals surface area contributed by atoms with Crippen LogP contribution >= 0.6 is 0 Å². The number of hydrogen-bond donors (Lipinski definition) is 1. The fourth-order valence-electron chi connectivity index (χ4n) is 1.28. The second-order valence-electron chi connectivity index (χ2n) is 5.86. The third-order valence-corrected chi connectivity index (χ3v) is 2.11. The first-order valence-corrected chi connectivity index (χ1v) is 5.61. The lowest BCUT2D eigenvalue weighted by atomic mass is 10.1. The van der Waals surface area contributed by atoms with E-state index in [1.165, 1.54) is 0 Å². The van der Waals surface area contributed by atoms with Crippen molar-refractivity contribution in [3.8, 4) is 5.88 Å². The number of aromatic nitrogens is 2. The molecule has 0 bridgehead atoms. The Labute approximate surface area is 102 Å². The zero-order chi connectivity index (χ0) is 13.3. The van der Waals surface area contributed by atoms with Crippen LogP contribution in [0, 0.1) is 0 Å². The van der Waals surface area contributed by atoms with Gasteiger partial charge in [0.2, 0.25) is 0 Å². The van der Waals surface area contributed by atoms with E-state index in [0.717, 1.165) is 0 Å². The summed E-state index contributed by atoms with van der Waals surface area (Å²) in [6, 6.07) is 0. The highest BCUT2D eigenvalue weighted by molar-refractivity contribution is 5.06. The molecule has 1 rings (SSSR count). The molecular formula is C12H21N3O2. The number of rotatable bonds is 3. The zero-order valence-electron chi connectivity index (χ0n) is 11.2. The summed E-state index contributed by atoms with van der Waals surface area (Å²) in [5.74, 6) is 0.0981. The summed E-state index contributed by atoms with van der Waals surface area (Å²) in [4.78, 5) is 16.0. The van der Waals surface area contributed by atoms with E-state index in [-0.39, 0.29) is 23.6 Å². The first kappa shape index (κ1) is 13.7. The largest absolute Gasteiger partial charge is 0.472 e. The summed E-state index contributed by atoms with van der Waals surface area (Å²) in [5.41, 5.74) is 4.78. The fourth-order valence-corrected chi connectivity index (χ4v) is 1.28. The molecule has 0 saturated carbocycles. The Morgan fingerprint density at radius 1 is 1.35 bits per heavy atom. The first-order chi connectivity index (χ1) is 7.61. The van der Waals surface area contributed by atoms with Crippen LogP contribution in [0.15, 0.2) is 17.2 Å². The predicted molar refractivity (Wildman–Crippen MR) is 67.3 cm³/mol. The number of nitrogens with zero attached hydrogens (tertiary/aromatic N) is 2. The SMILES string of the molecule is CC(C)(N)COc1nccn(C(C)(C)C)c1=O. The van der Waals surface area contributed by atoms with Crippen LogP contribution in [0.5, 0.6) is 5.88 Å². The minimum absolute atomic E-state index is 0.0981. The molecule has 0 aliphatic rings. The molecule has 96 valence electrons. The van der Waals surface area contributed by atoms with Crippen molar-refractivity contribution in [2.45, 2.75) is 45.7 Å². The van der Waals surface area contributed by atoms with Crippen LogP contribution in [0.25, 0.3) is 0 Å². The highest BCUT2D eigenvalue weighted by Crippen LogP contribution is 2.11. The monoisotopic (exact) mass is 239 g/mol. The molecule has 0 aliphatic carbocycles. The van der Waals surface area contributed by atoms with Crippen molar-refractivity contribution in [1.82, 2.24) is 9.55 Å². The third-order valence-electron chi connectivity index (χ3n) is 2.11. The highest BCUT2D eigenvalue weighted by Gasteiger charge is 2.19. The van der Waals surface area contributed by atoms with Crippen LogP contribution in [0.4, 0.5) is 0 Å². The van der Waals surface area contributed by atoms with Gasteiger partial charge < -0.3 is 15.0 Å². The second kappa shape index (κ2) is 4.49. The molecule has 17 heavy (non-hydrogen) atoms. The molecule has 0 radical (unpaired) electrons. The lowest BCUT2D eigenvalue weighted by Crippen LogP contribution is -2.40. The van der Waals surface area contributed by atoms with E-state index < -0.39 is 5.54 Å². The van der Waals surface area contributed by atoms with Crippen LogP contribution in [-0.2, 0) is 5.54 Å². The zero-order valence-corrected chi connectivity index (χ0v) is 11.2. The molecule has 1 heterocycles. The molecule has 1 aromatic heterocycles. The highest BCUT2D eigenvalue weighted by atomic mass is 16.5. The summed E-state index contributed by atoms with van der Waals surface area (Å²) in [6.07, 6.45) is 3.22. The van der Waals surface area contributed by atoms with Gasteiger partial charge in [-0.3, -0.25) is 4.79 Å². The lowest BCUT2D eigenvalue weighted by Gasteiger charge is -2.23. The van der Waals surface area contributed by atoms with Crippen LogP contribution in [0.3, 0.4) is 0 Å². The Morgan fingerprint density at radius 2 is 1.94 bits per heavy atom. The van der Waals surface area contributed by atoms with Gasteiger partial charge in [0.15, 0.2) is 0 Å². The molecule has 5 nitrogen and oxygen atoms in total. The van der Waals surface area contributed by atoms with Gasteiger partial charge in [-0.05, 0) is 34.6 Å². The quantitative estimate of drug-likeness (QED) is 0.858. The van der Waals surface area contributed by atoms with Crippen LogP contribution in [-0.4, -0.2) is 21.7 Å². The summed E-state index contributed by atoms with van der Waals surface area (Å²) in [6.45, 7) is 9.76.